The van der Waals surface area contributed by atoms with Gasteiger partial charge in [-0.05, 0) is 96.1 Å². The van der Waals surface area contributed by atoms with Crippen LogP contribution in [-0.2, 0) is 4.79 Å². The van der Waals surface area contributed by atoms with Gasteiger partial charge in [0.15, 0.2) is 0 Å². The van der Waals surface area contributed by atoms with Crippen molar-refractivity contribution in [1.29, 1.82) is 0 Å². The van der Waals surface area contributed by atoms with E-state index in [0.717, 1.165) is 35.9 Å². The minimum absolute atomic E-state index is 0.0649. The molecule has 192 valence electrons. The van der Waals surface area contributed by atoms with Gasteiger partial charge in [0.2, 0.25) is 5.78 Å². The van der Waals surface area contributed by atoms with E-state index in [1.807, 2.05) is 49.3 Å². The van der Waals surface area contributed by atoms with Gasteiger partial charge in [0.05, 0.1) is 22.8 Å². The van der Waals surface area contributed by atoms with Crippen molar-refractivity contribution in [1.82, 2.24) is 4.90 Å². The Labute approximate surface area is 217 Å². The SMILES string of the molecule is CCN(c1ccc(/N=C2/C=C(Nc3ccc(N(CC)C(C)C)cc3)C(=O)C=C2N(C)C)cc1)C(C)C. The summed E-state index contributed by atoms with van der Waals surface area (Å²) >= 11 is 0. The number of nitrogens with zero attached hydrogens (tertiary/aromatic N) is 4. The van der Waals surface area contributed by atoms with E-state index in [1.165, 1.54) is 11.4 Å². The maximum Gasteiger partial charge on any atom is 0.204 e. The van der Waals surface area contributed by atoms with Crippen LogP contribution < -0.4 is 15.1 Å². The molecule has 6 nitrogen and oxygen atoms in total. The van der Waals surface area contributed by atoms with Crippen LogP contribution in [0, 0.1) is 0 Å². The van der Waals surface area contributed by atoms with Crippen LogP contribution in [0.4, 0.5) is 22.7 Å². The molecule has 0 spiro atoms. The summed E-state index contributed by atoms with van der Waals surface area (Å²) in [6.07, 6.45) is 3.50. The third-order valence-corrected chi connectivity index (χ3v) is 6.40. The number of anilines is 3. The maximum absolute atomic E-state index is 12.9. The van der Waals surface area contributed by atoms with Crippen molar-refractivity contribution in [2.24, 2.45) is 4.99 Å². The predicted molar refractivity (Wildman–Crippen MR) is 155 cm³/mol. The molecule has 0 unspecified atom stereocenters. The number of carbonyl (C=O) groups is 1. The Hall–Kier alpha value is -3.54. The molecule has 0 heterocycles. The highest BCUT2D eigenvalue weighted by atomic mass is 16.1. The second-order valence-corrected chi connectivity index (χ2v) is 9.79. The predicted octanol–water partition coefficient (Wildman–Crippen LogP) is 6.25. The van der Waals surface area contributed by atoms with Crippen molar-refractivity contribution >= 4 is 34.2 Å². The fourth-order valence-electron chi connectivity index (χ4n) is 4.54. The summed E-state index contributed by atoms with van der Waals surface area (Å²) in [5.41, 5.74) is 6.12. The number of nitrogens with one attached hydrogen (secondary N) is 1. The number of benzene rings is 2. The number of aliphatic imine (C=N–C) groups is 1. The van der Waals surface area contributed by atoms with Gasteiger partial charge in [0.1, 0.15) is 0 Å². The van der Waals surface area contributed by atoms with Crippen LogP contribution in [0.3, 0.4) is 0 Å². The van der Waals surface area contributed by atoms with Gasteiger partial charge in [-0.2, -0.15) is 0 Å². The molecular formula is C30H41N5O. The lowest BCUT2D eigenvalue weighted by Gasteiger charge is -2.28. The molecule has 0 bridgehead atoms. The molecule has 0 saturated heterocycles. The van der Waals surface area contributed by atoms with E-state index in [4.69, 9.17) is 4.99 Å². The number of rotatable bonds is 10. The van der Waals surface area contributed by atoms with E-state index in [0.29, 0.717) is 17.8 Å². The average Bonchev–Trinajstić information content (AvgIpc) is 2.83. The second-order valence-electron chi connectivity index (χ2n) is 9.79. The molecule has 2 aromatic carbocycles. The Kier molecular flexibility index (Phi) is 8.97. The third kappa shape index (κ3) is 6.36. The van der Waals surface area contributed by atoms with E-state index in [-0.39, 0.29) is 5.78 Å². The van der Waals surface area contributed by atoms with Crippen molar-refractivity contribution in [3.8, 4) is 0 Å². The van der Waals surface area contributed by atoms with Crippen LogP contribution in [-0.4, -0.2) is 55.7 Å². The molecule has 0 radical (unpaired) electrons. The molecule has 0 fully saturated rings. The maximum atomic E-state index is 12.9. The molecule has 3 rings (SSSR count). The molecule has 0 aliphatic heterocycles. The summed E-state index contributed by atoms with van der Waals surface area (Å²) in [6.45, 7) is 15.0. The normalized spacial score (nSPS) is 14.7. The molecule has 2 aromatic rings. The first-order valence-electron chi connectivity index (χ1n) is 12.9. The molecule has 6 heteroatoms. The van der Waals surface area contributed by atoms with Crippen molar-refractivity contribution in [3.05, 3.63) is 72.1 Å². The quantitative estimate of drug-likeness (QED) is 0.401. The summed E-state index contributed by atoms with van der Waals surface area (Å²) in [4.78, 5) is 24.4. The molecule has 0 atom stereocenters. The van der Waals surface area contributed by atoms with Crippen LogP contribution in [0.25, 0.3) is 0 Å². The molecule has 1 aliphatic carbocycles. The lowest BCUT2D eigenvalue weighted by molar-refractivity contribution is -0.111. The summed E-state index contributed by atoms with van der Waals surface area (Å²) in [7, 11) is 3.86. The molecular weight excluding hydrogens is 446 g/mol. The second kappa shape index (κ2) is 11.9. The van der Waals surface area contributed by atoms with Gasteiger partial charge in [-0.3, -0.25) is 4.79 Å². The number of carbonyl (C=O) groups excluding carboxylic acids is 1. The number of hydrogen-bond acceptors (Lipinski definition) is 6. The van der Waals surface area contributed by atoms with Gasteiger partial charge >= 0.3 is 0 Å². The van der Waals surface area contributed by atoms with E-state index in [9.17, 15) is 4.79 Å². The zero-order chi connectivity index (χ0) is 26.4. The Morgan fingerprint density at radius 2 is 1.28 bits per heavy atom. The van der Waals surface area contributed by atoms with Crippen LogP contribution in [0.15, 0.2) is 77.1 Å². The van der Waals surface area contributed by atoms with Gasteiger partial charge in [-0.1, -0.05) is 0 Å². The molecule has 0 aromatic heterocycles. The summed E-state index contributed by atoms with van der Waals surface area (Å²) in [6, 6.07) is 17.4. The average molecular weight is 488 g/mol. The van der Waals surface area contributed by atoms with Gasteiger partial charge in [0, 0.05) is 62.4 Å². The lowest BCUT2D eigenvalue weighted by atomic mass is 10.0. The Bertz CT molecular complexity index is 1120. The van der Waals surface area contributed by atoms with Crippen LogP contribution in [0.1, 0.15) is 41.5 Å². The Morgan fingerprint density at radius 3 is 1.72 bits per heavy atom. The first kappa shape index (κ1) is 27.1. The minimum atomic E-state index is -0.0649. The lowest BCUT2D eigenvalue weighted by Crippen LogP contribution is -2.30. The Balaban J connectivity index is 1.88. The standard InChI is InChI=1S/C30H41N5O/c1-9-34(21(3)4)25-15-11-23(12-16-25)31-27-19-28(30(36)20-29(27)33(7)8)32-24-13-17-26(18-14-24)35(10-2)22(5)6/h11-22,32H,9-10H2,1-8H3/b31-27-. The number of hydrogen-bond donors (Lipinski definition) is 1. The van der Waals surface area contributed by atoms with Gasteiger partial charge in [-0.25, -0.2) is 4.99 Å². The van der Waals surface area contributed by atoms with Crippen LogP contribution in [0.5, 0.6) is 0 Å². The van der Waals surface area contributed by atoms with E-state index in [1.54, 1.807) is 6.08 Å². The zero-order valence-electron chi connectivity index (χ0n) is 23.0. The van der Waals surface area contributed by atoms with Crippen molar-refractivity contribution in [3.63, 3.8) is 0 Å². The summed E-state index contributed by atoms with van der Waals surface area (Å²) in [5, 5.41) is 3.31. The first-order valence-corrected chi connectivity index (χ1v) is 12.9. The van der Waals surface area contributed by atoms with Crippen molar-refractivity contribution in [2.75, 3.05) is 42.3 Å². The van der Waals surface area contributed by atoms with Gasteiger partial charge < -0.3 is 20.0 Å². The smallest absolute Gasteiger partial charge is 0.204 e. The van der Waals surface area contributed by atoms with E-state index < -0.39 is 0 Å². The highest BCUT2D eigenvalue weighted by Gasteiger charge is 2.21. The van der Waals surface area contributed by atoms with Crippen LogP contribution in [0.2, 0.25) is 0 Å². The van der Waals surface area contributed by atoms with E-state index >= 15 is 0 Å². The van der Waals surface area contributed by atoms with Gasteiger partial charge in [0.25, 0.3) is 0 Å². The molecule has 36 heavy (non-hydrogen) atoms. The van der Waals surface area contributed by atoms with Crippen molar-refractivity contribution in [2.45, 2.75) is 53.6 Å². The number of allylic oxidation sites excluding steroid dienone is 2. The fraction of sp³-hybridized carbons (Fsp3) is 0.400. The zero-order valence-corrected chi connectivity index (χ0v) is 23.0. The molecule has 0 amide bonds. The summed E-state index contributed by atoms with van der Waals surface area (Å²) in [5.74, 6) is -0.0649. The highest BCUT2D eigenvalue weighted by Crippen LogP contribution is 2.26. The van der Waals surface area contributed by atoms with Gasteiger partial charge in [-0.15, -0.1) is 0 Å². The topological polar surface area (TPSA) is 51.2 Å². The number of ketones is 1. The Morgan fingerprint density at radius 1 is 0.778 bits per heavy atom. The molecule has 1 aliphatic rings. The molecule has 0 saturated carbocycles. The highest BCUT2D eigenvalue weighted by molar-refractivity contribution is 6.23. The molecule has 1 N–H and O–H groups in total. The largest absolute Gasteiger partial charge is 0.376 e. The van der Waals surface area contributed by atoms with Crippen molar-refractivity contribution < 1.29 is 4.79 Å². The van der Waals surface area contributed by atoms with Crippen LogP contribution >= 0.6 is 0 Å². The fourth-order valence-corrected chi connectivity index (χ4v) is 4.54. The third-order valence-electron chi connectivity index (χ3n) is 6.40. The summed E-state index contributed by atoms with van der Waals surface area (Å²) < 4.78 is 0. The first-order chi connectivity index (χ1) is 17.1. The minimum Gasteiger partial charge on any atom is -0.376 e. The van der Waals surface area contributed by atoms with E-state index in [2.05, 4.69) is 80.9 Å². The monoisotopic (exact) mass is 487 g/mol.